The molecule has 0 N–H and O–H groups in total. The topological polar surface area (TPSA) is 21.7 Å². The van der Waals surface area contributed by atoms with Gasteiger partial charge in [-0.05, 0) is 27.7 Å². The molecule has 0 aliphatic carbocycles. The van der Waals surface area contributed by atoms with Crippen LogP contribution in [0.5, 0.6) is 0 Å². The molecule has 0 fully saturated rings. The summed E-state index contributed by atoms with van der Waals surface area (Å²) in [4.78, 5) is 4.63. The first-order chi connectivity index (χ1) is 7.49. The molecule has 16 heavy (non-hydrogen) atoms. The van der Waals surface area contributed by atoms with Gasteiger partial charge in [0.2, 0.25) is 0 Å². The lowest BCUT2D eigenvalue weighted by Crippen LogP contribution is -2.31. The molecule has 3 heteroatoms. The lowest BCUT2D eigenvalue weighted by atomic mass is 10.1. The molecule has 0 unspecified atom stereocenters. The lowest BCUT2D eigenvalue weighted by molar-refractivity contribution is -0.652. The number of imidazole rings is 1. The summed E-state index contributed by atoms with van der Waals surface area (Å²) in [6, 6.07) is 0. The number of aryl methyl sites for hydroxylation is 5. The molecule has 0 aromatic carbocycles. The van der Waals surface area contributed by atoms with Crippen molar-refractivity contribution in [2.45, 2.75) is 41.2 Å². The smallest absolute Gasteiger partial charge is 0.253 e. The minimum Gasteiger partial charge on any atom is -0.253 e. The number of fused-ring (bicyclic) bond motifs is 1. The first kappa shape index (κ1) is 11.1. The van der Waals surface area contributed by atoms with E-state index in [2.05, 4.69) is 55.8 Å². The van der Waals surface area contributed by atoms with Crippen LogP contribution in [0.1, 0.15) is 29.7 Å². The predicted molar refractivity (Wildman–Crippen MR) is 65.5 cm³/mol. The summed E-state index contributed by atoms with van der Waals surface area (Å²) in [5, 5.41) is 0. The Labute approximate surface area is 96.7 Å². The summed E-state index contributed by atoms with van der Waals surface area (Å²) in [5.74, 6) is 1.29. The third kappa shape index (κ3) is 1.27. The Morgan fingerprint density at radius 1 is 1.12 bits per heavy atom. The zero-order chi connectivity index (χ0) is 12.0. The zero-order valence-corrected chi connectivity index (χ0v) is 11.0. The van der Waals surface area contributed by atoms with Gasteiger partial charge in [-0.2, -0.15) is 0 Å². The molecule has 3 nitrogen and oxygen atoms in total. The van der Waals surface area contributed by atoms with E-state index in [-0.39, 0.29) is 0 Å². The summed E-state index contributed by atoms with van der Waals surface area (Å²) in [6.45, 7) is 11.7. The van der Waals surface area contributed by atoms with Crippen molar-refractivity contribution in [3.8, 4) is 0 Å². The quantitative estimate of drug-likeness (QED) is 0.672. The second kappa shape index (κ2) is 3.58. The van der Waals surface area contributed by atoms with Crippen LogP contribution in [0.15, 0.2) is 0 Å². The minimum atomic E-state index is 0.994. The number of aromatic nitrogens is 3. The Kier molecular flexibility index (Phi) is 2.49. The Hall–Kier alpha value is -1.38. The zero-order valence-electron chi connectivity index (χ0n) is 11.0. The number of hydrogen-bond donors (Lipinski definition) is 0. The van der Waals surface area contributed by atoms with Gasteiger partial charge in [0.1, 0.15) is 0 Å². The average molecular weight is 218 g/mol. The van der Waals surface area contributed by atoms with E-state index in [1.165, 1.54) is 22.4 Å². The van der Waals surface area contributed by atoms with Gasteiger partial charge < -0.3 is 0 Å². The van der Waals surface area contributed by atoms with Crippen LogP contribution in [0.25, 0.3) is 11.0 Å². The molecular weight excluding hydrogens is 198 g/mol. The maximum Gasteiger partial charge on any atom is 0.254 e. The average Bonchev–Trinajstić information content (AvgIpc) is 2.49. The highest BCUT2D eigenvalue weighted by molar-refractivity contribution is 5.78. The van der Waals surface area contributed by atoms with Crippen molar-refractivity contribution in [1.82, 2.24) is 9.55 Å². The molecular formula is C13H20N3+. The van der Waals surface area contributed by atoms with E-state index >= 15 is 0 Å². The summed E-state index contributed by atoms with van der Waals surface area (Å²) < 4.78 is 4.61. The van der Waals surface area contributed by atoms with Crippen molar-refractivity contribution in [1.29, 1.82) is 0 Å². The number of nitrogens with zero attached hydrogens (tertiary/aromatic N) is 3. The Balaban J connectivity index is 3.05. The van der Waals surface area contributed by atoms with Gasteiger partial charge in [-0.15, -0.1) is 0 Å². The van der Waals surface area contributed by atoms with Crippen LogP contribution in [0, 0.1) is 27.7 Å². The van der Waals surface area contributed by atoms with Gasteiger partial charge in [0.15, 0.2) is 11.0 Å². The normalized spacial score (nSPS) is 11.4. The first-order valence-electron chi connectivity index (χ1n) is 5.81. The van der Waals surface area contributed by atoms with Gasteiger partial charge in [-0.1, -0.05) is 0 Å². The minimum absolute atomic E-state index is 0.994. The molecule has 0 aliphatic rings. The van der Waals surface area contributed by atoms with Crippen molar-refractivity contribution in [2.24, 2.45) is 7.05 Å². The molecule has 2 aromatic rings. The maximum absolute atomic E-state index is 4.63. The van der Waals surface area contributed by atoms with Crippen LogP contribution in [0.2, 0.25) is 0 Å². The summed E-state index contributed by atoms with van der Waals surface area (Å²) in [6.07, 6.45) is 0. The summed E-state index contributed by atoms with van der Waals surface area (Å²) in [7, 11) is 2.13. The van der Waals surface area contributed by atoms with E-state index in [4.69, 9.17) is 0 Å². The van der Waals surface area contributed by atoms with Gasteiger partial charge >= 0.3 is 0 Å². The molecule has 0 aliphatic heterocycles. The molecule has 0 radical (unpaired) electrons. The molecule has 2 rings (SSSR count). The van der Waals surface area contributed by atoms with Crippen LogP contribution in [-0.4, -0.2) is 9.55 Å². The predicted octanol–water partition coefficient (Wildman–Crippen LogP) is 2.11. The van der Waals surface area contributed by atoms with Crippen LogP contribution < -0.4 is 4.57 Å². The molecule has 0 amide bonds. The Morgan fingerprint density at radius 3 is 2.31 bits per heavy atom. The fourth-order valence-electron chi connectivity index (χ4n) is 2.53. The van der Waals surface area contributed by atoms with Gasteiger partial charge in [0.05, 0.1) is 19.3 Å². The van der Waals surface area contributed by atoms with E-state index in [1.807, 2.05) is 0 Å². The molecule has 0 bridgehead atoms. The highest BCUT2D eigenvalue weighted by Crippen LogP contribution is 2.22. The second-order valence-electron chi connectivity index (χ2n) is 4.46. The fraction of sp³-hybridized carbons (Fsp3) is 0.538. The van der Waals surface area contributed by atoms with Crippen molar-refractivity contribution in [3.05, 3.63) is 22.8 Å². The van der Waals surface area contributed by atoms with E-state index in [1.54, 1.807) is 0 Å². The Bertz CT molecular complexity index is 565. The highest BCUT2D eigenvalue weighted by atomic mass is 15.2. The first-order valence-corrected chi connectivity index (χ1v) is 5.81. The van der Waals surface area contributed by atoms with Crippen molar-refractivity contribution >= 4 is 11.0 Å². The van der Waals surface area contributed by atoms with Gasteiger partial charge in [0.25, 0.3) is 5.82 Å². The van der Waals surface area contributed by atoms with Gasteiger partial charge in [0, 0.05) is 18.2 Å². The third-order valence-electron chi connectivity index (χ3n) is 3.60. The van der Waals surface area contributed by atoms with E-state index < -0.39 is 0 Å². The van der Waals surface area contributed by atoms with Gasteiger partial charge in [-0.3, -0.25) is 4.98 Å². The van der Waals surface area contributed by atoms with Crippen LogP contribution in [0.4, 0.5) is 0 Å². The van der Waals surface area contributed by atoms with Gasteiger partial charge in [-0.25, -0.2) is 9.13 Å². The van der Waals surface area contributed by atoms with Crippen molar-refractivity contribution < 1.29 is 4.57 Å². The van der Waals surface area contributed by atoms with Crippen LogP contribution >= 0.6 is 0 Å². The number of hydrogen-bond acceptors (Lipinski definition) is 1. The molecule has 0 spiro atoms. The molecule has 2 aromatic heterocycles. The molecule has 0 saturated carbocycles. The van der Waals surface area contributed by atoms with E-state index in [0.717, 1.165) is 17.9 Å². The summed E-state index contributed by atoms with van der Waals surface area (Å²) in [5.41, 5.74) is 6.16. The summed E-state index contributed by atoms with van der Waals surface area (Å²) >= 11 is 0. The van der Waals surface area contributed by atoms with E-state index in [9.17, 15) is 0 Å². The van der Waals surface area contributed by atoms with Crippen molar-refractivity contribution in [2.75, 3.05) is 0 Å². The van der Waals surface area contributed by atoms with Crippen LogP contribution in [-0.2, 0) is 13.6 Å². The lowest BCUT2D eigenvalue weighted by Gasteiger charge is -2.02. The largest absolute Gasteiger partial charge is 0.254 e. The Morgan fingerprint density at radius 2 is 1.75 bits per heavy atom. The van der Waals surface area contributed by atoms with Crippen molar-refractivity contribution in [3.63, 3.8) is 0 Å². The molecule has 86 valence electrons. The standard InChI is InChI=1S/C13H20N3/c1-7-16-11(5)15(6)12-8(2)9(3)14-10(4)13(12)16/h7H2,1-6H3/q+1. The van der Waals surface area contributed by atoms with E-state index in [0.29, 0.717) is 0 Å². The monoisotopic (exact) mass is 218 g/mol. The molecule has 0 atom stereocenters. The molecule has 2 heterocycles. The second-order valence-corrected chi connectivity index (χ2v) is 4.46. The fourth-order valence-corrected chi connectivity index (χ4v) is 2.53. The number of rotatable bonds is 1. The number of pyridine rings is 1. The SMILES string of the molecule is CCn1c(C)[n+](C)c2c(C)c(C)nc(C)c21. The highest BCUT2D eigenvalue weighted by Gasteiger charge is 2.23. The molecule has 0 saturated heterocycles. The maximum atomic E-state index is 4.63. The van der Waals surface area contributed by atoms with Crippen LogP contribution in [0.3, 0.4) is 0 Å². The third-order valence-corrected chi connectivity index (χ3v) is 3.60.